The average molecular weight is 497 g/mol. The highest BCUT2D eigenvalue weighted by Gasteiger charge is 2.22. The van der Waals surface area contributed by atoms with Crippen LogP contribution in [0.15, 0.2) is 35.1 Å². The summed E-state index contributed by atoms with van der Waals surface area (Å²) in [6.07, 6.45) is 7.06. The van der Waals surface area contributed by atoms with E-state index in [0.29, 0.717) is 18.0 Å². The van der Waals surface area contributed by atoms with Gasteiger partial charge >= 0.3 is 0 Å². The van der Waals surface area contributed by atoms with Crippen molar-refractivity contribution in [3.8, 4) is 0 Å². The quantitative estimate of drug-likeness (QED) is 0.456. The van der Waals surface area contributed by atoms with Gasteiger partial charge in [-0.3, -0.25) is 14.5 Å². The molecule has 8 heteroatoms. The molecule has 0 saturated carbocycles. The zero-order valence-corrected chi connectivity index (χ0v) is 21.1. The Bertz CT molecular complexity index is 1190. The van der Waals surface area contributed by atoms with Crippen LogP contribution in [0, 0.1) is 0 Å². The maximum atomic E-state index is 12.7. The first-order valence-corrected chi connectivity index (χ1v) is 14.3. The van der Waals surface area contributed by atoms with E-state index in [1.54, 1.807) is 23.1 Å². The van der Waals surface area contributed by atoms with Crippen LogP contribution >= 0.6 is 23.1 Å². The number of hydrogen-bond acceptors (Lipinski definition) is 6. The van der Waals surface area contributed by atoms with E-state index in [0.717, 1.165) is 67.7 Å². The minimum atomic E-state index is -0.00454. The van der Waals surface area contributed by atoms with Gasteiger partial charge in [0.25, 0.3) is 5.56 Å². The van der Waals surface area contributed by atoms with Gasteiger partial charge in [0.05, 0.1) is 11.1 Å². The number of hydrogen-bond donors (Lipinski definition) is 2. The Kier molecular flexibility index (Phi) is 7.67. The molecular formula is C26H32N4O2S2. The zero-order valence-electron chi connectivity index (χ0n) is 19.5. The van der Waals surface area contributed by atoms with Crippen LogP contribution in [0.1, 0.15) is 53.9 Å². The topological polar surface area (TPSA) is 78.1 Å². The van der Waals surface area contributed by atoms with Gasteiger partial charge in [-0.15, -0.1) is 11.3 Å². The molecule has 1 aliphatic carbocycles. The molecule has 1 fully saturated rings. The van der Waals surface area contributed by atoms with Crippen LogP contribution in [0.5, 0.6) is 0 Å². The first kappa shape index (κ1) is 23.6. The number of nitrogens with one attached hydrogen (secondary N) is 2. The van der Waals surface area contributed by atoms with Crippen molar-refractivity contribution in [1.82, 2.24) is 20.2 Å². The summed E-state index contributed by atoms with van der Waals surface area (Å²) in [6.45, 7) is 2.93. The van der Waals surface area contributed by atoms with Crippen molar-refractivity contribution >= 4 is 39.2 Å². The smallest absolute Gasteiger partial charge is 0.259 e. The fraction of sp³-hybridized carbons (Fsp3) is 0.500. The fourth-order valence-electron chi connectivity index (χ4n) is 5.07. The van der Waals surface area contributed by atoms with Crippen molar-refractivity contribution in [2.75, 3.05) is 18.8 Å². The predicted molar refractivity (Wildman–Crippen MR) is 141 cm³/mol. The first-order valence-electron chi connectivity index (χ1n) is 12.3. The minimum Gasteiger partial charge on any atom is -0.352 e. The number of carbonyl (C=O) groups is 1. The summed E-state index contributed by atoms with van der Waals surface area (Å²) in [4.78, 5) is 37.5. The van der Waals surface area contributed by atoms with Crippen molar-refractivity contribution in [2.45, 2.75) is 63.3 Å². The lowest BCUT2D eigenvalue weighted by molar-refractivity contribution is -0.121. The molecule has 2 N–H and O–H groups in total. The van der Waals surface area contributed by atoms with Crippen molar-refractivity contribution in [2.24, 2.45) is 0 Å². The highest BCUT2D eigenvalue weighted by molar-refractivity contribution is 7.98. The second-order valence-corrected chi connectivity index (χ2v) is 11.5. The monoisotopic (exact) mass is 496 g/mol. The van der Waals surface area contributed by atoms with Gasteiger partial charge in [-0.2, -0.15) is 11.8 Å². The third-order valence-electron chi connectivity index (χ3n) is 6.71. The zero-order chi connectivity index (χ0) is 23.3. The van der Waals surface area contributed by atoms with Gasteiger partial charge in [-0.25, -0.2) is 4.98 Å². The molecule has 0 bridgehead atoms. The molecule has 3 aromatic rings. The molecule has 3 heterocycles. The average Bonchev–Trinajstić information content (AvgIpc) is 3.22. The third-order valence-corrected chi connectivity index (χ3v) is 8.86. The molecule has 1 aliphatic heterocycles. The normalized spacial score (nSPS) is 18.6. The molecule has 180 valence electrons. The van der Waals surface area contributed by atoms with Crippen LogP contribution < -0.4 is 10.9 Å². The number of thiophene rings is 1. The molecule has 2 aliphatic rings. The Morgan fingerprint density at radius 3 is 2.94 bits per heavy atom. The third kappa shape index (κ3) is 5.73. The van der Waals surface area contributed by atoms with Gasteiger partial charge < -0.3 is 10.3 Å². The van der Waals surface area contributed by atoms with Gasteiger partial charge in [-0.05, 0) is 56.2 Å². The van der Waals surface area contributed by atoms with Crippen LogP contribution in [0.3, 0.4) is 0 Å². The summed E-state index contributed by atoms with van der Waals surface area (Å²) in [5.41, 5.74) is 2.54. The Balaban J connectivity index is 1.07. The van der Waals surface area contributed by atoms with E-state index >= 15 is 0 Å². The molecule has 1 atom stereocenters. The molecule has 0 unspecified atom stereocenters. The number of piperidine rings is 1. The molecule has 2 aromatic heterocycles. The van der Waals surface area contributed by atoms with E-state index in [9.17, 15) is 9.59 Å². The molecule has 34 heavy (non-hydrogen) atoms. The lowest BCUT2D eigenvalue weighted by atomic mass is 9.97. The fourth-order valence-corrected chi connectivity index (χ4v) is 7.15. The SMILES string of the molecule is O=C(CCSCc1nc2sc3c(c2c(=O)[nH]1)CCCC3)N[C@@H]1CCCN(Cc2ccccc2)C1. The van der Waals surface area contributed by atoms with E-state index in [2.05, 4.69) is 39.5 Å². The van der Waals surface area contributed by atoms with E-state index < -0.39 is 0 Å². The number of aromatic nitrogens is 2. The summed E-state index contributed by atoms with van der Waals surface area (Å²) in [5.74, 6) is 2.16. The molecule has 5 rings (SSSR count). The number of aryl methyl sites for hydroxylation is 2. The first-order chi connectivity index (χ1) is 16.7. The number of rotatable bonds is 8. The Labute approximate surface area is 208 Å². The number of H-pyrrole nitrogens is 1. The van der Waals surface area contributed by atoms with Gasteiger partial charge in [0.1, 0.15) is 10.7 Å². The summed E-state index contributed by atoms with van der Waals surface area (Å²) in [7, 11) is 0. The number of nitrogens with zero attached hydrogens (tertiary/aromatic N) is 2. The predicted octanol–water partition coefficient (Wildman–Crippen LogP) is 4.27. The summed E-state index contributed by atoms with van der Waals surface area (Å²) < 4.78 is 0. The van der Waals surface area contributed by atoms with Crippen molar-refractivity contribution in [3.05, 3.63) is 62.5 Å². The minimum absolute atomic E-state index is 0.00454. The summed E-state index contributed by atoms with van der Waals surface area (Å²) in [5, 5.41) is 4.04. The maximum Gasteiger partial charge on any atom is 0.259 e. The summed E-state index contributed by atoms with van der Waals surface area (Å²) >= 11 is 3.34. The number of fused-ring (bicyclic) bond motifs is 3. The van der Waals surface area contributed by atoms with Crippen molar-refractivity contribution in [3.63, 3.8) is 0 Å². The van der Waals surface area contributed by atoms with Gasteiger partial charge in [0.15, 0.2) is 0 Å². The largest absolute Gasteiger partial charge is 0.352 e. The second-order valence-electron chi connectivity index (χ2n) is 9.33. The summed E-state index contributed by atoms with van der Waals surface area (Å²) in [6, 6.07) is 10.7. The van der Waals surface area contributed by atoms with Crippen LogP contribution in [0.2, 0.25) is 0 Å². The van der Waals surface area contributed by atoms with Crippen molar-refractivity contribution in [1.29, 1.82) is 0 Å². The molecule has 1 aromatic carbocycles. The molecule has 0 spiro atoms. The lowest BCUT2D eigenvalue weighted by Crippen LogP contribution is -2.47. The number of amides is 1. The van der Waals surface area contributed by atoms with Crippen LogP contribution in [0.4, 0.5) is 0 Å². The van der Waals surface area contributed by atoms with Gasteiger partial charge in [-0.1, -0.05) is 30.3 Å². The lowest BCUT2D eigenvalue weighted by Gasteiger charge is -2.33. The molecule has 0 radical (unpaired) electrons. The number of carbonyl (C=O) groups excluding carboxylic acids is 1. The maximum absolute atomic E-state index is 12.7. The number of thioether (sulfide) groups is 1. The van der Waals surface area contributed by atoms with E-state index in [-0.39, 0.29) is 17.5 Å². The molecular weight excluding hydrogens is 464 g/mol. The standard InChI is InChI=1S/C26H32N4O2S2/c31-23(27-19-9-6-13-30(16-19)15-18-7-2-1-3-8-18)12-14-33-17-22-28-25(32)24-20-10-4-5-11-21(20)34-26(24)29-22/h1-3,7-8,19H,4-6,9-17H2,(H,27,31)(H,28,29,32)/t19-/m1/s1. The van der Waals surface area contributed by atoms with E-state index in [1.807, 2.05) is 6.07 Å². The number of likely N-dealkylation sites (tertiary alicyclic amines) is 1. The second kappa shape index (κ2) is 11.1. The molecule has 1 amide bonds. The number of aromatic amines is 1. The van der Waals surface area contributed by atoms with Crippen molar-refractivity contribution < 1.29 is 4.79 Å². The van der Waals surface area contributed by atoms with Gasteiger partial charge in [0.2, 0.25) is 5.91 Å². The van der Waals surface area contributed by atoms with Crippen LogP contribution in [-0.2, 0) is 29.9 Å². The van der Waals surface area contributed by atoms with E-state index in [1.165, 1.54) is 22.4 Å². The Hall–Kier alpha value is -2.16. The van der Waals surface area contributed by atoms with Crippen LogP contribution in [-0.4, -0.2) is 45.7 Å². The Morgan fingerprint density at radius 2 is 2.06 bits per heavy atom. The van der Waals surface area contributed by atoms with Crippen LogP contribution in [0.25, 0.3) is 10.2 Å². The van der Waals surface area contributed by atoms with Gasteiger partial charge in [0, 0.05) is 36.2 Å². The Morgan fingerprint density at radius 1 is 1.21 bits per heavy atom. The molecule has 1 saturated heterocycles. The number of benzene rings is 1. The van der Waals surface area contributed by atoms with E-state index in [4.69, 9.17) is 4.98 Å². The highest BCUT2D eigenvalue weighted by Crippen LogP contribution is 2.33. The molecule has 6 nitrogen and oxygen atoms in total. The highest BCUT2D eigenvalue weighted by atomic mass is 32.2.